The highest BCUT2D eigenvalue weighted by Crippen LogP contribution is 2.30. The zero-order valence-electron chi connectivity index (χ0n) is 14.3. The van der Waals surface area contributed by atoms with Crippen LogP contribution >= 0.6 is 0 Å². The van der Waals surface area contributed by atoms with Crippen molar-refractivity contribution >= 4 is 11.6 Å². The molecule has 23 heavy (non-hydrogen) atoms. The molecule has 0 atom stereocenters. The summed E-state index contributed by atoms with van der Waals surface area (Å²) in [7, 11) is 0. The molecule has 1 amide bonds. The first-order valence-corrected chi connectivity index (χ1v) is 8.02. The number of benzene rings is 2. The molecule has 2 aromatic carbocycles. The summed E-state index contributed by atoms with van der Waals surface area (Å²) in [6.07, 6.45) is 0.879. The Morgan fingerprint density at radius 3 is 2.39 bits per heavy atom. The van der Waals surface area contributed by atoms with E-state index in [4.69, 9.17) is 4.74 Å². The Labute approximate surface area is 138 Å². The van der Waals surface area contributed by atoms with E-state index in [2.05, 4.69) is 33.0 Å². The van der Waals surface area contributed by atoms with E-state index in [1.807, 2.05) is 48.5 Å². The first-order chi connectivity index (χ1) is 10.9. The van der Waals surface area contributed by atoms with Crippen LogP contribution in [0, 0.1) is 0 Å². The van der Waals surface area contributed by atoms with Crippen molar-refractivity contribution in [1.29, 1.82) is 0 Å². The van der Waals surface area contributed by atoms with Crippen molar-refractivity contribution in [1.82, 2.24) is 0 Å². The zero-order chi connectivity index (χ0) is 16.9. The van der Waals surface area contributed by atoms with Crippen LogP contribution < -0.4 is 10.1 Å². The fourth-order valence-corrected chi connectivity index (χ4v) is 2.49. The monoisotopic (exact) mass is 311 g/mol. The van der Waals surface area contributed by atoms with Crippen molar-refractivity contribution < 1.29 is 9.53 Å². The molecule has 122 valence electrons. The molecule has 0 radical (unpaired) electrons. The Kier molecular flexibility index (Phi) is 5.43. The van der Waals surface area contributed by atoms with Gasteiger partial charge in [-0.3, -0.25) is 4.79 Å². The second kappa shape index (κ2) is 7.32. The summed E-state index contributed by atoms with van der Waals surface area (Å²) in [6.45, 7) is 8.47. The fraction of sp³-hybridized carbons (Fsp3) is 0.350. The average molecular weight is 311 g/mol. The third-order valence-corrected chi connectivity index (χ3v) is 3.73. The van der Waals surface area contributed by atoms with Gasteiger partial charge in [0.2, 0.25) is 0 Å². The van der Waals surface area contributed by atoms with Crippen molar-refractivity contribution in [3.63, 3.8) is 0 Å². The lowest BCUT2D eigenvalue weighted by Gasteiger charge is -2.22. The first-order valence-electron chi connectivity index (χ1n) is 8.02. The molecule has 0 aliphatic rings. The van der Waals surface area contributed by atoms with E-state index in [1.54, 1.807) is 0 Å². The number of ether oxygens (including phenoxy) is 1. The maximum absolute atomic E-state index is 12.2. The molecule has 0 fully saturated rings. The van der Waals surface area contributed by atoms with Crippen LogP contribution in [0.4, 0.5) is 5.69 Å². The van der Waals surface area contributed by atoms with Gasteiger partial charge in [0.05, 0.1) is 0 Å². The third kappa shape index (κ3) is 4.59. The van der Waals surface area contributed by atoms with Crippen molar-refractivity contribution in [2.24, 2.45) is 0 Å². The maximum Gasteiger partial charge on any atom is 0.262 e. The summed E-state index contributed by atoms with van der Waals surface area (Å²) in [4.78, 5) is 12.2. The van der Waals surface area contributed by atoms with Crippen LogP contribution in [0.25, 0.3) is 0 Å². The Morgan fingerprint density at radius 2 is 1.70 bits per heavy atom. The smallest absolute Gasteiger partial charge is 0.262 e. The lowest BCUT2D eigenvalue weighted by Crippen LogP contribution is -2.22. The highest BCUT2D eigenvalue weighted by atomic mass is 16.5. The van der Waals surface area contributed by atoms with Crippen LogP contribution in [0.3, 0.4) is 0 Å². The molecular formula is C20H25NO2. The number of carbonyl (C=O) groups is 1. The van der Waals surface area contributed by atoms with Gasteiger partial charge < -0.3 is 10.1 Å². The van der Waals surface area contributed by atoms with Gasteiger partial charge in [-0.15, -0.1) is 0 Å². The summed E-state index contributed by atoms with van der Waals surface area (Å²) >= 11 is 0. The lowest BCUT2D eigenvalue weighted by atomic mass is 9.86. The Morgan fingerprint density at radius 1 is 1.04 bits per heavy atom. The number of nitrogens with one attached hydrogen (secondary N) is 1. The largest absolute Gasteiger partial charge is 0.483 e. The molecule has 0 bridgehead atoms. The summed E-state index contributed by atoms with van der Waals surface area (Å²) < 4.78 is 5.76. The van der Waals surface area contributed by atoms with E-state index in [0.29, 0.717) is 0 Å². The molecule has 0 heterocycles. The molecule has 1 N–H and O–H groups in total. The van der Waals surface area contributed by atoms with Crippen molar-refractivity contribution in [2.75, 3.05) is 11.9 Å². The number of carbonyl (C=O) groups excluding carboxylic acids is 1. The predicted molar refractivity (Wildman–Crippen MR) is 95.1 cm³/mol. The number of para-hydroxylation sites is 2. The van der Waals surface area contributed by atoms with Gasteiger partial charge in [0, 0.05) is 5.69 Å². The summed E-state index contributed by atoms with van der Waals surface area (Å²) in [6, 6.07) is 15.7. The van der Waals surface area contributed by atoms with Gasteiger partial charge in [-0.1, -0.05) is 64.1 Å². The van der Waals surface area contributed by atoms with E-state index in [-0.39, 0.29) is 17.9 Å². The number of rotatable bonds is 5. The van der Waals surface area contributed by atoms with Crippen molar-refractivity contribution in [2.45, 2.75) is 39.5 Å². The predicted octanol–water partition coefficient (Wildman–Crippen LogP) is 4.56. The van der Waals surface area contributed by atoms with Gasteiger partial charge in [0.15, 0.2) is 6.61 Å². The molecule has 0 spiro atoms. The van der Waals surface area contributed by atoms with Gasteiger partial charge >= 0.3 is 0 Å². The van der Waals surface area contributed by atoms with E-state index >= 15 is 0 Å². The van der Waals surface area contributed by atoms with Crippen molar-refractivity contribution in [3.05, 3.63) is 59.7 Å². The SMILES string of the molecule is CCc1ccccc1NC(=O)COc1ccccc1C(C)(C)C. The number of anilines is 1. The Bertz CT molecular complexity index is 671. The Hall–Kier alpha value is -2.29. The van der Waals surface area contributed by atoms with Crippen LogP contribution in [-0.2, 0) is 16.6 Å². The van der Waals surface area contributed by atoms with Crippen LogP contribution in [0.2, 0.25) is 0 Å². The summed E-state index contributed by atoms with van der Waals surface area (Å²) in [5, 5.41) is 2.93. The minimum Gasteiger partial charge on any atom is -0.483 e. The van der Waals surface area contributed by atoms with E-state index < -0.39 is 0 Å². The molecule has 0 unspecified atom stereocenters. The second-order valence-corrected chi connectivity index (χ2v) is 6.59. The van der Waals surface area contributed by atoms with E-state index in [9.17, 15) is 4.79 Å². The van der Waals surface area contributed by atoms with Crippen LogP contribution in [0.5, 0.6) is 5.75 Å². The first kappa shape index (κ1) is 17.1. The van der Waals surface area contributed by atoms with Crippen molar-refractivity contribution in [3.8, 4) is 5.75 Å². The van der Waals surface area contributed by atoms with E-state index in [1.165, 1.54) is 0 Å². The molecule has 0 saturated heterocycles. The molecule has 3 nitrogen and oxygen atoms in total. The van der Waals surface area contributed by atoms with Crippen LogP contribution in [-0.4, -0.2) is 12.5 Å². The number of hydrogen-bond acceptors (Lipinski definition) is 2. The molecule has 0 aliphatic heterocycles. The standard InChI is InChI=1S/C20H25NO2/c1-5-15-10-6-8-12-17(15)21-19(22)14-23-18-13-9-7-11-16(18)20(2,3)4/h6-13H,5,14H2,1-4H3,(H,21,22). The average Bonchev–Trinajstić information content (AvgIpc) is 2.53. The lowest BCUT2D eigenvalue weighted by molar-refractivity contribution is -0.118. The summed E-state index contributed by atoms with van der Waals surface area (Å²) in [5.74, 6) is 0.619. The van der Waals surface area contributed by atoms with Crippen LogP contribution in [0.1, 0.15) is 38.8 Å². The highest BCUT2D eigenvalue weighted by molar-refractivity contribution is 5.92. The minimum atomic E-state index is -0.144. The maximum atomic E-state index is 12.2. The molecule has 0 saturated carbocycles. The molecule has 0 aliphatic carbocycles. The topological polar surface area (TPSA) is 38.3 Å². The zero-order valence-corrected chi connectivity index (χ0v) is 14.3. The second-order valence-electron chi connectivity index (χ2n) is 6.59. The number of aryl methyl sites for hydroxylation is 1. The molecule has 3 heteroatoms. The quantitative estimate of drug-likeness (QED) is 0.879. The number of amides is 1. The molecular weight excluding hydrogens is 286 g/mol. The van der Waals surface area contributed by atoms with Gasteiger partial charge in [-0.05, 0) is 35.1 Å². The van der Waals surface area contributed by atoms with Crippen LogP contribution in [0.15, 0.2) is 48.5 Å². The van der Waals surface area contributed by atoms with Gasteiger partial charge in [-0.25, -0.2) is 0 Å². The summed E-state index contributed by atoms with van der Waals surface area (Å²) in [5.41, 5.74) is 3.05. The highest BCUT2D eigenvalue weighted by Gasteiger charge is 2.19. The minimum absolute atomic E-state index is 0.00510. The Balaban J connectivity index is 2.03. The van der Waals surface area contributed by atoms with Gasteiger partial charge in [0.1, 0.15) is 5.75 Å². The molecule has 2 aromatic rings. The molecule has 2 rings (SSSR count). The van der Waals surface area contributed by atoms with E-state index in [0.717, 1.165) is 29.0 Å². The van der Waals surface area contributed by atoms with Gasteiger partial charge in [0.25, 0.3) is 5.91 Å². The molecule has 0 aromatic heterocycles. The number of hydrogen-bond donors (Lipinski definition) is 1. The van der Waals surface area contributed by atoms with Gasteiger partial charge in [-0.2, -0.15) is 0 Å². The normalized spacial score (nSPS) is 11.1. The fourth-order valence-electron chi connectivity index (χ4n) is 2.49. The third-order valence-electron chi connectivity index (χ3n) is 3.73.